The highest BCUT2D eigenvalue weighted by Crippen LogP contribution is 2.53. The zero-order valence-corrected chi connectivity index (χ0v) is 6.30. The van der Waals surface area contributed by atoms with Gasteiger partial charge in [0.25, 0.3) is 0 Å². The molecule has 1 aliphatic carbocycles. The van der Waals surface area contributed by atoms with E-state index < -0.39 is 0 Å². The SMILES string of the molecule is CN1CCCC12CC2C#N. The number of hydrogen-bond donors (Lipinski definition) is 0. The zero-order chi connectivity index (χ0) is 7.19. The van der Waals surface area contributed by atoms with Crippen molar-refractivity contribution in [1.29, 1.82) is 5.26 Å². The van der Waals surface area contributed by atoms with Gasteiger partial charge in [0.2, 0.25) is 0 Å². The molecule has 2 atom stereocenters. The normalized spacial score (nSPS) is 45.8. The second-order valence-corrected chi connectivity index (χ2v) is 3.51. The van der Waals surface area contributed by atoms with Crippen molar-refractivity contribution < 1.29 is 0 Å². The molecule has 2 unspecified atom stereocenters. The highest BCUT2D eigenvalue weighted by molar-refractivity contribution is 5.21. The van der Waals surface area contributed by atoms with Crippen molar-refractivity contribution in [2.45, 2.75) is 24.8 Å². The summed E-state index contributed by atoms with van der Waals surface area (Å²) in [6.45, 7) is 1.19. The van der Waals surface area contributed by atoms with Crippen molar-refractivity contribution in [2.75, 3.05) is 13.6 Å². The summed E-state index contributed by atoms with van der Waals surface area (Å²) in [6, 6.07) is 2.36. The molecule has 0 N–H and O–H groups in total. The Balaban J connectivity index is 2.13. The van der Waals surface area contributed by atoms with Gasteiger partial charge in [-0.1, -0.05) is 0 Å². The molecule has 0 bridgehead atoms. The maximum absolute atomic E-state index is 8.67. The minimum Gasteiger partial charge on any atom is -0.299 e. The number of nitrogens with zero attached hydrogens (tertiary/aromatic N) is 2. The molecule has 2 rings (SSSR count). The molecular formula is C8H12N2. The van der Waals surface area contributed by atoms with Crippen LogP contribution in [-0.2, 0) is 0 Å². The largest absolute Gasteiger partial charge is 0.299 e. The zero-order valence-electron chi connectivity index (χ0n) is 6.30. The molecule has 54 valence electrons. The van der Waals surface area contributed by atoms with E-state index in [1.54, 1.807) is 0 Å². The van der Waals surface area contributed by atoms with E-state index in [2.05, 4.69) is 18.0 Å². The van der Waals surface area contributed by atoms with E-state index >= 15 is 0 Å². The van der Waals surface area contributed by atoms with Gasteiger partial charge in [-0.15, -0.1) is 0 Å². The monoisotopic (exact) mass is 136 g/mol. The quantitative estimate of drug-likeness (QED) is 0.496. The maximum Gasteiger partial charge on any atom is 0.0676 e. The van der Waals surface area contributed by atoms with E-state index in [0.717, 1.165) is 6.42 Å². The summed E-state index contributed by atoms with van der Waals surface area (Å²) in [5.74, 6) is 0.347. The van der Waals surface area contributed by atoms with Gasteiger partial charge in [-0.05, 0) is 32.9 Å². The highest BCUT2D eigenvalue weighted by Gasteiger charge is 2.59. The molecule has 1 spiro atoms. The molecule has 10 heavy (non-hydrogen) atoms. The fourth-order valence-electron chi connectivity index (χ4n) is 2.19. The van der Waals surface area contributed by atoms with E-state index in [0.29, 0.717) is 11.5 Å². The van der Waals surface area contributed by atoms with Gasteiger partial charge in [0, 0.05) is 5.54 Å². The molecule has 2 nitrogen and oxygen atoms in total. The Morgan fingerprint density at radius 2 is 2.50 bits per heavy atom. The molecule has 0 aromatic carbocycles. The summed E-state index contributed by atoms with van der Waals surface area (Å²) < 4.78 is 0. The first kappa shape index (κ1) is 6.18. The van der Waals surface area contributed by atoms with Crippen molar-refractivity contribution in [3.63, 3.8) is 0 Å². The first-order chi connectivity index (χ1) is 4.79. The summed E-state index contributed by atoms with van der Waals surface area (Å²) in [5.41, 5.74) is 0.342. The van der Waals surface area contributed by atoms with Gasteiger partial charge in [-0.25, -0.2) is 0 Å². The maximum atomic E-state index is 8.67. The van der Waals surface area contributed by atoms with Crippen LogP contribution in [0, 0.1) is 17.2 Å². The Morgan fingerprint density at radius 3 is 2.90 bits per heavy atom. The van der Waals surface area contributed by atoms with Crippen LogP contribution < -0.4 is 0 Å². The molecule has 2 fully saturated rings. The van der Waals surface area contributed by atoms with Gasteiger partial charge in [0.15, 0.2) is 0 Å². The predicted octanol–water partition coefficient (Wildman–Crippen LogP) is 0.994. The Morgan fingerprint density at radius 1 is 1.70 bits per heavy atom. The molecule has 1 saturated heterocycles. The lowest BCUT2D eigenvalue weighted by molar-refractivity contribution is 0.280. The average Bonchev–Trinajstić information content (AvgIpc) is 2.52. The van der Waals surface area contributed by atoms with Crippen molar-refractivity contribution in [3.05, 3.63) is 0 Å². The van der Waals surface area contributed by atoms with E-state index in [1.807, 2.05) is 0 Å². The summed E-state index contributed by atoms with van der Waals surface area (Å²) in [4.78, 5) is 2.36. The van der Waals surface area contributed by atoms with Gasteiger partial charge >= 0.3 is 0 Å². The van der Waals surface area contributed by atoms with Crippen LogP contribution >= 0.6 is 0 Å². The Kier molecular flexibility index (Phi) is 1.07. The lowest BCUT2D eigenvalue weighted by Crippen LogP contribution is -2.28. The molecule has 2 heteroatoms. The number of likely N-dealkylation sites (tertiary alicyclic amines) is 1. The standard InChI is InChI=1S/C8H12N2/c1-10-4-2-3-8(10)5-7(8)6-9/h7H,2-5H2,1H3. The summed E-state index contributed by atoms with van der Waals surface area (Å²) >= 11 is 0. The van der Waals surface area contributed by atoms with E-state index in [1.165, 1.54) is 19.4 Å². The van der Waals surface area contributed by atoms with Gasteiger partial charge in [0.1, 0.15) is 0 Å². The molecule has 0 aromatic rings. The van der Waals surface area contributed by atoms with Crippen LogP contribution in [-0.4, -0.2) is 24.0 Å². The van der Waals surface area contributed by atoms with Crippen LogP contribution in [0.15, 0.2) is 0 Å². The summed E-state index contributed by atoms with van der Waals surface area (Å²) in [6.07, 6.45) is 3.66. The number of rotatable bonds is 0. The van der Waals surface area contributed by atoms with Gasteiger partial charge in [-0.3, -0.25) is 4.90 Å². The van der Waals surface area contributed by atoms with Crippen LogP contribution in [0.3, 0.4) is 0 Å². The third-order valence-electron chi connectivity index (χ3n) is 3.07. The predicted molar refractivity (Wildman–Crippen MR) is 38.3 cm³/mol. The molecule has 0 aromatic heterocycles. The summed E-state index contributed by atoms with van der Waals surface area (Å²) in [5, 5.41) is 8.67. The van der Waals surface area contributed by atoms with Crippen LogP contribution in [0.5, 0.6) is 0 Å². The molecule has 1 aliphatic heterocycles. The number of hydrogen-bond acceptors (Lipinski definition) is 2. The minimum atomic E-state index is 0.342. The topological polar surface area (TPSA) is 27.0 Å². The van der Waals surface area contributed by atoms with Gasteiger partial charge < -0.3 is 0 Å². The molecular weight excluding hydrogens is 124 g/mol. The van der Waals surface area contributed by atoms with E-state index in [9.17, 15) is 0 Å². The Hall–Kier alpha value is -0.550. The highest BCUT2D eigenvalue weighted by atomic mass is 15.2. The van der Waals surface area contributed by atoms with E-state index in [4.69, 9.17) is 5.26 Å². The third kappa shape index (κ3) is 0.564. The lowest BCUT2D eigenvalue weighted by atomic mass is 10.1. The van der Waals surface area contributed by atoms with Crippen molar-refractivity contribution >= 4 is 0 Å². The van der Waals surface area contributed by atoms with Crippen LogP contribution in [0.25, 0.3) is 0 Å². The summed E-state index contributed by atoms with van der Waals surface area (Å²) in [7, 11) is 2.14. The third-order valence-corrected chi connectivity index (χ3v) is 3.07. The lowest BCUT2D eigenvalue weighted by Gasteiger charge is -2.17. The fourth-order valence-corrected chi connectivity index (χ4v) is 2.19. The molecule has 0 amide bonds. The second-order valence-electron chi connectivity index (χ2n) is 3.51. The smallest absolute Gasteiger partial charge is 0.0676 e. The minimum absolute atomic E-state index is 0.342. The molecule has 0 radical (unpaired) electrons. The average molecular weight is 136 g/mol. The molecule has 1 saturated carbocycles. The van der Waals surface area contributed by atoms with Gasteiger partial charge in [0.05, 0.1) is 12.0 Å². The Bertz CT molecular complexity index is 194. The van der Waals surface area contributed by atoms with Crippen LogP contribution in [0.1, 0.15) is 19.3 Å². The van der Waals surface area contributed by atoms with Crippen LogP contribution in [0.2, 0.25) is 0 Å². The van der Waals surface area contributed by atoms with Crippen molar-refractivity contribution in [1.82, 2.24) is 4.90 Å². The number of nitriles is 1. The first-order valence-electron chi connectivity index (χ1n) is 3.90. The van der Waals surface area contributed by atoms with Crippen LogP contribution in [0.4, 0.5) is 0 Å². The Labute approximate surface area is 61.4 Å². The van der Waals surface area contributed by atoms with Crippen molar-refractivity contribution in [2.24, 2.45) is 5.92 Å². The van der Waals surface area contributed by atoms with Crippen molar-refractivity contribution in [3.8, 4) is 6.07 Å². The van der Waals surface area contributed by atoms with Gasteiger partial charge in [-0.2, -0.15) is 5.26 Å². The first-order valence-corrected chi connectivity index (χ1v) is 3.90. The molecule has 2 aliphatic rings. The molecule has 1 heterocycles. The second kappa shape index (κ2) is 1.73. The van der Waals surface area contributed by atoms with E-state index in [-0.39, 0.29) is 0 Å². The fraction of sp³-hybridized carbons (Fsp3) is 0.875.